The second kappa shape index (κ2) is 6.24. The SMILES string of the molecule is COc1cc(CO)ccc1OCCc1ccnn1C. The Hall–Kier alpha value is -2.01. The van der Waals surface area contributed by atoms with Gasteiger partial charge in [0.25, 0.3) is 0 Å². The number of hydrogen-bond acceptors (Lipinski definition) is 4. The summed E-state index contributed by atoms with van der Waals surface area (Å²) in [6.45, 7) is 0.542. The zero-order valence-corrected chi connectivity index (χ0v) is 11.2. The largest absolute Gasteiger partial charge is 0.493 e. The van der Waals surface area contributed by atoms with Gasteiger partial charge in [-0.05, 0) is 23.8 Å². The number of benzene rings is 1. The van der Waals surface area contributed by atoms with Crippen molar-refractivity contribution in [1.82, 2.24) is 9.78 Å². The Morgan fingerprint density at radius 3 is 2.74 bits per heavy atom. The van der Waals surface area contributed by atoms with Crippen LogP contribution in [0.25, 0.3) is 0 Å². The number of rotatable bonds is 6. The number of nitrogens with zero attached hydrogens (tertiary/aromatic N) is 2. The molecule has 0 saturated heterocycles. The minimum absolute atomic E-state index is 0.00827. The van der Waals surface area contributed by atoms with E-state index in [1.165, 1.54) is 0 Å². The molecule has 19 heavy (non-hydrogen) atoms. The van der Waals surface area contributed by atoms with Crippen LogP contribution in [-0.4, -0.2) is 28.6 Å². The Bertz CT molecular complexity index is 537. The van der Waals surface area contributed by atoms with Gasteiger partial charge >= 0.3 is 0 Å². The fourth-order valence-corrected chi connectivity index (χ4v) is 1.84. The van der Waals surface area contributed by atoms with Crippen LogP contribution in [0.4, 0.5) is 0 Å². The quantitative estimate of drug-likeness (QED) is 0.858. The van der Waals surface area contributed by atoms with E-state index in [-0.39, 0.29) is 6.61 Å². The highest BCUT2D eigenvalue weighted by Gasteiger charge is 2.06. The molecule has 1 aromatic heterocycles. The molecule has 102 valence electrons. The third kappa shape index (κ3) is 3.26. The first-order chi connectivity index (χ1) is 9.24. The smallest absolute Gasteiger partial charge is 0.161 e. The molecule has 0 fully saturated rings. The number of aliphatic hydroxyl groups is 1. The molecule has 0 aliphatic carbocycles. The highest BCUT2D eigenvalue weighted by atomic mass is 16.5. The molecule has 1 heterocycles. The molecule has 0 unspecified atom stereocenters. The maximum Gasteiger partial charge on any atom is 0.161 e. The molecule has 5 heteroatoms. The van der Waals surface area contributed by atoms with Crippen molar-refractivity contribution >= 4 is 0 Å². The first kappa shape index (κ1) is 13.4. The highest BCUT2D eigenvalue weighted by Crippen LogP contribution is 2.28. The topological polar surface area (TPSA) is 56.5 Å². The normalized spacial score (nSPS) is 10.5. The molecule has 0 saturated carbocycles. The first-order valence-electron chi connectivity index (χ1n) is 6.12. The van der Waals surface area contributed by atoms with Gasteiger partial charge in [0.05, 0.1) is 20.3 Å². The van der Waals surface area contributed by atoms with Gasteiger partial charge in [0.1, 0.15) is 0 Å². The summed E-state index contributed by atoms with van der Waals surface area (Å²) in [5.74, 6) is 1.32. The van der Waals surface area contributed by atoms with E-state index >= 15 is 0 Å². The molecule has 0 atom stereocenters. The highest BCUT2D eigenvalue weighted by molar-refractivity contribution is 5.42. The van der Waals surface area contributed by atoms with E-state index in [1.54, 1.807) is 19.4 Å². The van der Waals surface area contributed by atoms with E-state index in [4.69, 9.17) is 14.6 Å². The third-order valence-corrected chi connectivity index (χ3v) is 2.95. The molecular formula is C14H18N2O3. The summed E-state index contributed by atoms with van der Waals surface area (Å²) < 4.78 is 12.8. The minimum Gasteiger partial charge on any atom is -0.493 e. The summed E-state index contributed by atoms with van der Waals surface area (Å²) in [6.07, 6.45) is 2.55. The van der Waals surface area contributed by atoms with Gasteiger partial charge in [-0.25, -0.2) is 0 Å². The summed E-state index contributed by atoms with van der Waals surface area (Å²) in [4.78, 5) is 0. The lowest BCUT2D eigenvalue weighted by Gasteiger charge is -2.11. The predicted octanol–water partition coefficient (Wildman–Crippen LogP) is 1.54. The van der Waals surface area contributed by atoms with Crippen LogP contribution in [0, 0.1) is 0 Å². The third-order valence-electron chi connectivity index (χ3n) is 2.95. The van der Waals surface area contributed by atoms with Crippen molar-refractivity contribution < 1.29 is 14.6 Å². The van der Waals surface area contributed by atoms with Crippen LogP contribution in [0.3, 0.4) is 0 Å². The number of aliphatic hydroxyl groups excluding tert-OH is 1. The lowest BCUT2D eigenvalue weighted by molar-refractivity contribution is 0.277. The molecule has 0 amide bonds. The van der Waals surface area contributed by atoms with Crippen molar-refractivity contribution in [2.45, 2.75) is 13.0 Å². The average Bonchev–Trinajstić information content (AvgIpc) is 2.84. The Morgan fingerprint density at radius 2 is 2.11 bits per heavy atom. The standard InChI is InChI=1S/C14H18N2O3/c1-16-12(5-7-15-16)6-8-19-13-4-3-11(10-17)9-14(13)18-2/h3-5,7,9,17H,6,8,10H2,1-2H3. The Kier molecular flexibility index (Phi) is 4.41. The molecule has 2 aromatic rings. The fourth-order valence-electron chi connectivity index (χ4n) is 1.84. The van der Waals surface area contributed by atoms with Crippen molar-refractivity contribution in [3.8, 4) is 11.5 Å². The van der Waals surface area contributed by atoms with Gasteiger partial charge in [-0.15, -0.1) is 0 Å². The van der Waals surface area contributed by atoms with Gasteiger partial charge in [-0.2, -0.15) is 5.10 Å². The van der Waals surface area contributed by atoms with Gasteiger partial charge in [-0.1, -0.05) is 6.07 Å². The van der Waals surface area contributed by atoms with E-state index in [1.807, 2.05) is 29.9 Å². The van der Waals surface area contributed by atoms with Gasteiger partial charge in [-0.3, -0.25) is 4.68 Å². The zero-order valence-electron chi connectivity index (χ0n) is 11.2. The molecule has 0 radical (unpaired) electrons. The Labute approximate surface area is 112 Å². The number of aromatic nitrogens is 2. The molecule has 0 aliphatic rings. The second-order valence-electron chi connectivity index (χ2n) is 4.19. The molecule has 0 bridgehead atoms. The van der Waals surface area contributed by atoms with Gasteiger partial charge < -0.3 is 14.6 Å². The number of ether oxygens (including phenoxy) is 2. The van der Waals surface area contributed by atoms with Crippen LogP contribution in [0.1, 0.15) is 11.3 Å². The zero-order chi connectivity index (χ0) is 13.7. The molecule has 0 spiro atoms. The summed E-state index contributed by atoms with van der Waals surface area (Å²) in [5.41, 5.74) is 1.92. The van der Waals surface area contributed by atoms with Crippen molar-refractivity contribution in [2.75, 3.05) is 13.7 Å². The van der Waals surface area contributed by atoms with Crippen LogP contribution in [0.15, 0.2) is 30.5 Å². The Morgan fingerprint density at radius 1 is 1.26 bits per heavy atom. The van der Waals surface area contributed by atoms with Crippen LogP contribution in [-0.2, 0) is 20.1 Å². The van der Waals surface area contributed by atoms with E-state index in [0.29, 0.717) is 18.1 Å². The number of methoxy groups -OCH3 is 1. The predicted molar refractivity (Wildman–Crippen MR) is 71.3 cm³/mol. The second-order valence-corrected chi connectivity index (χ2v) is 4.19. The van der Waals surface area contributed by atoms with E-state index in [9.17, 15) is 0 Å². The minimum atomic E-state index is -0.00827. The van der Waals surface area contributed by atoms with E-state index in [2.05, 4.69) is 5.10 Å². The van der Waals surface area contributed by atoms with Crippen molar-refractivity contribution in [1.29, 1.82) is 0 Å². The van der Waals surface area contributed by atoms with E-state index < -0.39 is 0 Å². The maximum absolute atomic E-state index is 9.07. The average molecular weight is 262 g/mol. The lowest BCUT2D eigenvalue weighted by atomic mass is 10.2. The van der Waals surface area contributed by atoms with Crippen LogP contribution >= 0.6 is 0 Å². The maximum atomic E-state index is 9.07. The summed E-state index contributed by atoms with van der Waals surface area (Å²) >= 11 is 0. The molecule has 0 aliphatic heterocycles. The number of hydrogen-bond donors (Lipinski definition) is 1. The molecule has 1 aromatic carbocycles. The Balaban J connectivity index is 1.97. The monoisotopic (exact) mass is 262 g/mol. The summed E-state index contributed by atoms with van der Waals surface area (Å²) in [5, 5.41) is 13.2. The van der Waals surface area contributed by atoms with Crippen molar-refractivity contribution in [3.05, 3.63) is 41.7 Å². The lowest BCUT2D eigenvalue weighted by Crippen LogP contribution is -2.06. The van der Waals surface area contributed by atoms with Gasteiger partial charge in [0.15, 0.2) is 11.5 Å². The molecule has 5 nitrogen and oxygen atoms in total. The first-order valence-corrected chi connectivity index (χ1v) is 6.12. The summed E-state index contributed by atoms with van der Waals surface area (Å²) in [6, 6.07) is 7.38. The van der Waals surface area contributed by atoms with E-state index in [0.717, 1.165) is 17.7 Å². The van der Waals surface area contributed by atoms with Crippen LogP contribution in [0.5, 0.6) is 11.5 Å². The van der Waals surface area contributed by atoms with Crippen LogP contribution in [0.2, 0.25) is 0 Å². The van der Waals surface area contributed by atoms with Crippen molar-refractivity contribution in [3.63, 3.8) is 0 Å². The number of aryl methyl sites for hydroxylation is 1. The summed E-state index contributed by atoms with van der Waals surface area (Å²) in [7, 11) is 3.50. The molecular weight excluding hydrogens is 244 g/mol. The van der Waals surface area contributed by atoms with Crippen LogP contribution < -0.4 is 9.47 Å². The molecule has 2 rings (SSSR count). The van der Waals surface area contributed by atoms with Gasteiger partial charge in [0, 0.05) is 25.4 Å². The fraction of sp³-hybridized carbons (Fsp3) is 0.357. The molecule has 1 N–H and O–H groups in total. The van der Waals surface area contributed by atoms with Crippen molar-refractivity contribution in [2.24, 2.45) is 7.05 Å². The van der Waals surface area contributed by atoms with Gasteiger partial charge in [0.2, 0.25) is 0 Å².